The molecule has 1 aliphatic heterocycles. The van der Waals surface area contributed by atoms with Crippen molar-refractivity contribution in [2.45, 2.75) is 6.42 Å². The Morgan fingerprint density at radius 1 is 1.29 bits per heavy atom. The molecule has 2 N–H and O–H groups in total. The molecule has 0 aliphatic carbocycles. The molecule has 1 heterocycles. The quantitative estimate of drug-likeness (QED) is 0.335. The third kappa shape index (κ3) is 6.82. The molecule has 1 aromatic rings. The second-order valence-corrected chi connectivity index (χ2v) is 6.33. The molecule has 132 valence electrons. The Morgan fingerprint density at radius 2 is 2.00 bits per heavy atom. The van der Waals surface area contributed by atoms with Gasteiger partial charge < -0.3 is 15.0 Å². The highest BCUT2D eigenvalue weighted by molar-refractivity contribution is 7.80. The zero-order valence-corrected chi connectivity index (χ0v) is 15.3. The molecular formula is C17H27N5OS. The molecule has 0 radical (unpaired) electrons. The molecule has 0 atom stereocenters. The lowest BCUT2D eigenvalue weighted by Gasteiger charge is -2.26. The molecule has 0 spiro atoms. The molecular weight excluding hydrogens is 322 g/mol. The Balaban J connectivity index is 1.60. The summed E-state index contributed by atoms with van der Waals surface area (Å²) in [5.74, 6) is 0. The number of hydrogen-bond acceptors (Lipinski definition) is 5. The van der Waals surface area contributed by atoms with Crippen LogP contribution >= 0.6 is 12.2 Å². The maximum Gasteiger partial charge on any atom is 0.186 e. The maximum atomic E-state index is 5.34. The van der Waals surface area contributed by atoms with Crippen LogP contribution in [0.1, 0.15) is 12.0 Å². The van der Waals surface area contributed by atoms with Crippen LogP contribution in [0.5, 0.6) is 0 Å². The predicted molar refractivity (Wildman–Crippen MR) is 104 cm³/mol. The summed E-state index contributed by atoms with van der Waals surface area (Å²) in [6, 6.07) is 8.17. The van der Waals surface area contributed by atoms with Crippen molar-refractivity contribution in [3.63, 3.8) is 0 Å². The van der Waals surface area contributed by atoms with E-state index >= 15 is 0 Å². The summed E-state index contributed by atoms with van der Waals surface area (Å²) in [6.07, 6.45) is 2.82. The molecule has 0 aromatic heterocycles. The molecule has 1 saturated heterocycles. The van der Waals surface area contributed by atoms with Gasteiger partial charge >= 0.3 is 0 Å². The molecule has 1 aromatic carbocycles. The Kier molecular flexibility index (Phi) is 7.94. The smallest absolute Gasteiger partial charge is 0.186 e. The van der Waals surface area contributed by atoms with E-state index < -0.39 is 0 Å². The van der Waals surface area contributed by atoms with Crippen molar-refractivity contribution in [1.29, 1.82) is 0 Å². The average molecular weight is 350 g/mol. The van der Waals surface area contributed by atoms with Gasteiger partial charge in [-0.05, 0) is 42.9 Å². The fourth-order valence-corrected chi connectivity index (χ4v) is 2.55. The summed E-state index contributed by atoms with van der Waals surface area (Å²) in [7, 11) is 4.04. The monoisotopic (exact) mass is 349 g/mol. The van der Waals surface area contributed by atoms with Crippen LogP contribution in [0.15, 0.2) is 29.4 Å². The summed E-state index contributed by atoms with van der Waals surface area (Å²) in [6.45, 7) is 5.66. The van der Waals surface area contributed by atoms with Gasteiger partial charge in [0.1, 0.15) is 0 Å². The number of nitrogens with zero attached hydrogens (tertiary/aromatic N) is 3. The number of morpholine rings is 1. The van der Waals surface area contributed by atoms with Crippen LogP contribution in [0.3, 0.4) is 0 Å². The summed E-state index contributed by atoms with van der Waals surface area (Å²) in [5, 5.41) is 7.89. The fraction of sp³-hybridized carbons (Fsp3) is 0.529. The van der Waals surface area contributed by atoms with Crippen molar-refractivity contribution in [2.24, 2.45) is 5.10 Å². The molecule has 0 saturated carbocycles. The number of nitrogens with one attached hydrogen (secondary N) is 2. The first-order valence-electron chi connectivity index (χ1n) is 8.29. The molecule has 0 amide bonds. The van der Waals surface area contributed by atoms with Crippen LogP contribution in [0.2, 0.25) is 0 Å². The number of benzene rings is 1. The van der Waals surface area contributed by atoms with Crippen LogP contribution in [0.25, 0.3) is 0 Å². The molecule has 7 heteroatoms. The Hall–Kier alpha value is -1.70. The van der Waals surface area contributed by atoms with E-state index in [4.69, 9.17) is 17.0 Å². The van der Waals surface area contributed by atoms with E-state index in [0.29, 0.717) is 5.11 Å². The number of anilines is 1. The summed E-state index contributed by atoms with van der Waals surface area (Å²) in [5.41, 5.74) is 5.05. The molecule has 2 rings (SSSR count). The first kappa shape index (κ1) is 18.6. The van der Waals surface area contributed by atoms with E-state index in [1.807, 2.05) is 26.2 Å². The average Bonchev–Trinajstić information content (AvgIpc) is 2.60. The molecule has 0 unspecified atom stereocenters. The minimum atomic E-state index is 0.554. The van der Waals surface area contributed by atoms with Crippen molar-refractivity contribution in [1.82, 2.24) is 15.6 Å². The van der Waals surface area contributed by atoms with Gasteiger partial charge in [-0.15, -0.1) is 0 Å². The van der Waals surface area contributed by atoms with Gasteiger partial charge in [0.15, 0.2) is 5.11 Å². The van der Waals surface area contributed by atoms with Crippen LogP contribution in [0, 0.1) is 0 Å². The van der Waals surface area contributed by atoms with Crippen LogP contribution < -0.4 is 15.6 Å². The molecule has 6 nitrogen and oxygen atoms in total. The van der Waals surface area contributed by atoms with Gasteiger partial charge in [0.2, 0.25) is 0 Å². The Bertz CT molecular complexity index is 526. The van der Waals surface area contributed by atoms with Crippen molar-refractivity contribution in [3.8, 4) is 0 Å². The van der Waals surface area contributed by atoms with Gasteiger partial charge in [-0.1, -0.05) is 12.1 Å². The van der Waals surface area contributed by atoms with Gasteiger partial charge in [0.05, 0.1) is 19.4 Å². The fourth-order valence-electron chi connectivity index (χ4n) is 2.39. The molecule has 0 bridgehead atoms. The first-order valence-corrected chi connectivity index (χ1v) is 8.70. The number of thiocarbonyl (C=S) groups is 1. The zero-order valence-electron chi connectivity index (χ0n) is 14.5. The lowest BCUT2D eigenvalue weighted by atomic mass is 10.2. The van der Waals surface area contributed by atoms with E-state index in [1.165, 1.54) is 0 Å². The van der Waals surface area contributed by atoms with Crippen molar-refractivity contribution >= 4 is 29.2 Å². The van der Waals surface area contributed by atoms with Gasteiger partial charge in [0, 0.05) is 39.4 Å². The van der Waals surface area contributed by atoms with Gasteiger partial charge in [-0.3, -0.25) is 10.3 Å². The lowest BCUT2D eigenvalue weighted by molar-refractivity contribution is 0.0376. The van der Waals surface area contributed by atoms with Crippen molar-refractivity contribution < 1.29 is 4.74 Å². The molecule has 1 fully saturated rings. The number of ether oxygens (including phenoxy) is 1. The summed E-state index contributed by atoms with van der Waals surface area (Å²) in [4.78, 5) is 4.48. The highest BCUT2D eigenvalue weighted by Crippen LogP contribution is 2.10. The van der Waals surface area contributed by atoms with Crippen LogP contribution in [0.4, 0.5) is 5.69 Å². The normalized spacial score (nSPS) is 15.4. The second kappa shape index (κ2) is 10.2. The molecule has 24 heavy (non-hydrogen) atoms. The second-order valence-electron chi connectivity index (χ2n) is 5.92. The largest absolute Gasteiger partial charge is 0.379 e. The van der Waals surface area contributed by atoms with Crippen LogP contribution in [-0.2, 0) is 4.74 Å². The maximum absolute atomic E-state index is 5.34. The highest BCUT2D eigenvalue weighted by Gasteiger charge is 2.08. The topological polar surface area (TPSA) is 52.1 Å². The number of rotatable bonds is 7. The van der Waals surface area contributed by atoms with E-state index in [9.17, 15) is 0 Å². The van der Waals surface area contributed by atoms with Gasteiger partial charge in [-0.25, -0.2) is 0 Å². The lowest BCUT2D eigenvalue weighted by Crippen LogP contribution is -2.39. The van der Waals surface area contributed by atoms with Gasteiger partial charge in [-0.2, -0.15) is 5.10 Å². The Morgan fingerprint density at radius 3 is 2.67 bits per heavy atom. The standard InChI is InChI=1S/C17H27N5OS/c1-21(2)16-6-4-15(5-7-16)14-19-20-17(24)18-8-3-9-22-10-12-23-13-11-22/h4-7,14H,3,8-13H2,1-2H3,(H2,18,20,24)/b19-14-. The summed E-state index contributed by atoms with van der Waals surface area (Å²) >= 11 is 5.22. The van der Waals surface area contributed by atoms with E-state index in [-0.39, 0.29) is 0 Å². The highest BCUT2D eigenvalue weighted by atomic mass is 32.1. The number of hydrogen-bond donors (Lipinski definition) is 2. The Labute approximate surface area is 149 Å². The SMILES string of the molecule is CN(C)c1ccc(/C=N\NC(=S)NCCCN2CCOCC2)cc1. The minimum absolute atomic E-state index is 0.554. The van der Waals surface area contributed by atoms with E-state index in [0.717, 1.165) is 57.1 Å². The van der Waals surface area contributed by atoms with Crippen molar-refractivity contribution in [2.75, 3.05) is 58.4 Å². The van der Waals surface area contributed by atoms with Crippen molar-refractivity contribution in [3.05, 3.63) is 29.8 Å². The third-order valence-corrected chi connectivity index (χ3v) is 4.07. The summed E-state index contributed by atoms with van der Waals surface area (Å²) < 4.78 is 5.34. The molecule has 1 aliphatic rings. The third-order valence-electron chi connectivity index (χ3n) is 3.83. The predicted octanol–water partition coefficient (Wildman–Crippen LogP) is 1.27. The van der Waals surface area contributed by atoms with Gasteiger partial charge in [0.25, 0.3) is 0 Å². The zero-order chi connectivity index (χ0) is 17.2. The first-order chi connectivity index (χ1) is 11.6. The van der Waals surface area contributed by atoms with Crippen LogP contribution in [-0.4, -0.2) is 69.7 Å². The number of hydrazone groups is 1. The minimum Gasteiger partial charge on any atom is -0.379 e. The van der Waals surface area contributed by atoms with E-state index in [2.05, 4.69) is 37.8 Å². The van der Waals surface area contributed by atoms with E-state index in [1.54, 1.807) is 6.21 Å².